The molecule has 4 nitrogen and oxygen atoms in total. The molecule has 2 rings (SSSR count). The Hall–Kier alpha value is -1.91. The van der Waals surface area contributed by atoms with Crippen LogP contribution >= 0.6 is 23.2 Å². The summed E-state index contributed by atoms with van der Waals surface area (Å²) in [4.78, 5) is 12.1. The lowest BCUT2D eigenvalue weighted by Crippen LogP contribution is -2.17. The lowest BCUT2D eigenvalue weighted by molar-refractivity contribution is 0.215. The predicted molar refractivity (Wildman–Crippen MR) is 107 cm³/mol. The molecule has 0 fully saturated rings. The van der Waals surface area contributed by atoms with Crippen LogP contribution in [-0.4, -0.2) is 11.2 Å². The summed E-state index contributed by atoms with van der Waals surface area (Å²) in [6.07, 6.45) is 4.95. The fourth-order valence-corrected chi connectivity index (χ4v) is 3.02. The van der Waals surface area contributed by atoms with Crippen molar-refractivity contribution in [3.8, 4) is 11.5 Å². The second-order valence-corrected chi connectivity index (χ2v) is 6.95. The quantitative estimate of drug-likeness (QED) is 0.402. The summed E-state index contributed by atoms with van der Waals surface area (Å²) < 4.78 is 5.30. The molecule has 26 heavy (non-hydrogen) atoms. The van der Waals surface area contributed by atoms with Crippen LogP contribution in [0.25, 0.3) is 0 Å². The van der Waals surface area contributed by atoms with Gasteiger partial charge in [0.25, 0.3) is 0 Å². The number of ether oxygens (including phenoxy) is 1. The molecule has 0 saturated carbocycles. The van der Waals surface area contributed by atoms with E-state index in [0.717, 1.165) is 18.4 Å². The number of hydrogen-bond acceptors (Lipinski definition) is 3. The molecular formula is C20H23Cl2NO3. The Kier molecular flexibility index (Phi) is 7.61. The molecule has 2 aromatic rings. The van der Waals surface area contributed by atoms with Gasteiger partial charge in [-0.05, 0) is 49.1 Å². The number of carbonyl (C=O) groups excluding carboxylic acids is 1. The van der Waals surface area contributed by atoms with Crippen LogP contribution in [0.1, 0.15) is 43.7 Å². The number of benzene rings is 2. The van der Waals surface area contributed by atoms with Crippen molar-refractivity contribution in [1.82, 2.24) is 0 Å². The highest BCUT2D eigenvalue weighted by molar-refractivity contribution is 6.37. The minimum absolute atomic E-state index is 0.0990. The summed E-state index contributed by atoms with van der Waals surface area (Å²) in [6, 6.07) is 8.87. The summed E-state index contributed by atoms with van der Waals surface area (Å²) in [5.41, 5.74) is 1.77. The fourth-order valence-electron chi connectivity index (χ4n) is 2.56. The molecule has 2 N–H and O–H groups in total. The number of rotatable bonds is 7. The second-order valence-electron chi connectivity index (χ2n) is 6.17. The molecule has 0 radical (unpaired) electrons. The summed E-state index contributed by atoms with van der Waals surface area (Å²) in [7, 11) is 0. The van der Waals surface area contributed by atoms with Gasteiger partial charge in [0, 0.05) is 5.02 Å². The largest absolute Gasteiger partial charge is 0.504 e. The van der Waals surface area contributed by atoms with Crippen LogP contribution in [0.5, 0.6) is 11.5 Å². The highest BCUT2D eigenvalue weighted by atomic mass is 35.5. The Morgan fingerprint density at radius 1 is 1.19 bits per heavy atom. The number of halogens is 2. The van der Waals surface area contributed by atoms with Crippen molar-refractivity contribution in [1.29, 1.82) is 0 Å². The molecule has 0 bridgehead atoms. The van der Waals surface area contributed by atoms with Crippen molar-refractivity contribution in [2.24, 2.45) is 0 Å². The van der Waals surface area contributed by atoms with Gasteiger partial charge in [-0.3, -0.25) is 5.32 Å². The molecule has 0 spiro atoms. The summed E-state index contributed by atoms with van der Waals surface area (Å²) in [5, 5.41) is 13.0. The molecule has 0 aliphatic rings. The number of phenols is 1. The molecule has 0 saturated heterocycles. The number of amides is 1. The molecule has 0 heterocycles. The zero-order chi connectivity index (χ0) is 19.1. The predicted octanol–water partition coefficient (Wildman–Crippen LogP) is 6.74. The zero-order valence-electron chi connectivity index (χ0n) is 14.9. The lowest BCUT2D eigenvalue weighted by Gasteiger charge is -2.12. The molecule has 0 aromatic heterocycles. The first-order valence-corrected chi connectivity index (χ1v) is 9.43. The smallest absolute Gasteiger partial charge is 0.417 e. The van der Waals surface area contributed by atoms with E-state index in [1.54, 1.807) is 13.0 Å². The van der Waals surface area contributed by atoms with Crippen molar-refractivity contribution >= 4 is 35.0 Å². The number of carbonyl (C=O) groups is 1. The first-order chi connectivity index (χ1) is 12.4. The van der Waals surface area contributed by atoms with Crippen molar-refractivity contribution in [2.45, 2.75) is 46.0 Å². The zero-order valence-corrected chi connectivity index (χ0v) is 16.5. The highest BCUT2D eigenvalue weighted by Crippen LogP contribution is 2.38. The van der Waals surface area contributed by atoms with Gasteiger partial charge in [-0.15, -0.1) is 0 Å². The van der Waals surface area contributed by atoms with Crippen LogP contribution in [0, 0.1) is 6.92 Å². The van der Waals surface area contributed by atoms with Gasteiger partial charge in [-0.1, -0.05) is 61.5 Å². The Morgan fingerprint density at radius 3 is 2.69 bits per heavy atom. The molecule has 0 aliphatic heterocycles. The average Bonchev–Trinajstić information content (AvgIpc) is 2.62. The van der Waals surface area contributed by atoms with E-state index >= 15 is 0 Å². The van der Waals surface area contributed by atoms with Gasteiger partial charge >= 0.3 is 6.09 Å². The van der Waals surface area contributed by atoms with E-state index in [9.17, 15) is 9.90 Å². The number of aryl methyl sites for hydroxylation is 1. The number of hydrogen-bond donors (Lipinski definition) is 2. The van der Waals surface area contributed by atoms with Crippen molar-refractivity contribution in [3.05, 3.63) is 51.5 Å². The van der Waals surface area contributed by atoms with Crippen molar-refractivity contribution in [3.63, 3.8) is 0 Å². The van der Waals surface area contributed by atoms with Crippen LogP contribution in [0.2, 0.25) is 10.0 Å². The Balaban J connectivity index is 2.00. The second kappa shape index (κ2) is 9.70. The molecule has 0 aliphatic carbocycles. The molecule has 1 amide bonds. The Morgan fingerprint density at radius 2 is 1.96 bits per heavy atom. The first-order valence-electron chi connectivity index (χ1n) is 8.67. The number of unbranched alkanes of at least 4 members (excludes halogenated alkanes) is 3. The maximum Gasteiger partial charge on any atom is 0.417 e. The molecule has 0 unspecified atom stereocenters. The standard InChI is InChI=1S/C20H23Cl2NO3/c1-3-4-5-6-8-14-9-7-10-15(11-14)26-20(25)23-17-12-16(21)13(2)18(22)19(17)24/h7,9-12,24H,3-6,8H2,1-2H3,(H,23,25). The number of anilines is 1. The first kappa shape index (κ1) is 20.4. The van der Waals surface area contributed by atoms with E-state index in [-0.39, 0.29) is 16.5 Å². The third kappa shape index (κ3) is 5.55. The van der Waals surface area contributed by atoms with Crippen LogP contribution in [0.3, 0.4) is 0 Å². The van der Waals surface area contributed by atoms with Crippen molar-refractivity contribution < 1.29 is 14.6 Å². The van der Waals surface area contributed by atoms with E-state index < -0.39 is 6.09 Å². The van der Waals surface area contributed by atoms with E-state index in [2.05, 4.69) is 12.2 Å². The normalized spacial score (nSPS) is 10.6. The molecular weight excluding hydrogens is 373 g/mol. The maximum absolute atomic E-state index is 12.1. The van der Waals surface area contributed by atoms with E-state index in [1.807, 2.05) is 18.2 Å². The summed E-state index contributed by atoms with van der Waals surface area (Å²) in [5.74, 6) is 0.203. The number of phenolic OH excluding ortho intramolecular Hbond substituents is 1. The van der Waals surface area contributed by atoms with Crippen molar-refractivity contribution in [2.75, 3.05) is 5.32 Å². The monoisotopic (exact) mass is 395 g/mol. The Labute approximate surface area is 164 Å². The van der Waals surface area contributed by atoms with E-state index in [0.29, 0.717) is 16.3 Å². The minimum atomic E-state index is -0.723. The third-order valence-corrected chi connectivity index (χ3v) is 4.94. The topological polar surface area (TPSA) is 58.6 Å². The van der Waals surface area contributed by atoms with Gasteiger partial charge in [0.2, 0.25) is 0 Å². The van der Waals surface area contributed by atoms with Gasteiger partial charge in [0.1, 0.15) is 5.75 Å². The van der Waals surface area contributed by atoms with Crippen LogP contribution in [-0.2, 0) is 6.42 Å². The summed E-state index contributed by atoms with van der Waals surface area (Å²) in [6.45, 7) is 3.86. The lowest BCUT2D eigenvalue weighted by atomic mass is 10.1. The molecule has 6 heteroatoms. The van der Waals surface area contributed by atoms with E-state index in [1.165, 1.54) is 25.3 Å². The van der Waals surface area contributed by atoms with E-state index in [4.69, 9.17) is 27.9 Å². The third-order valence-electron chi connectivity index (χ3n) is 4.09. The highest BCUT2D eigenvalue weighted by Gasteiger charge is 2.15. The number of aromatic hydroxyl groups is 1. The fraction of sp³-hybridized carbons (Fsp3) is 0.350. The van der Waals surface area contributed by atoms with Crippen LogP contribution in [0.15, 0.2) is 30.3 Å². The van der Waals surface area contributed by atoms with Gasteiger partial charge in [-0.2, -0.15) is 0 Å². The Bertz CT molecular complexity index is 778. The average molecular weight is 396 g/mol. The minimum Gasteiger partial charge on any atom is -0.504 e. The molecule has 140 valence electrons. The van der Waals surface area contributed by atoms with Crippen LogP contribution in [0.4, 0.5) is 10.5 Å². The maximum atomic E-state index is 12.1. The van der Waals surface area contributed by atoms with Gasteiger partial charge in [-0.25, -0.2) is 4.79 Å². The van der Waals surface area contributed by atoms with Crippen LogP contribution < -0.4 is 10.1 Å². The van der Waals surface area contributed by atoms with Gasteiger partial charge in [0.15, 0.2) is 5.75 Å². The van der Waals surface area contributed by atoms with Gasteiger partial charge < -0.3 is 9.84 Å². The number of nitrogens with one attached hydrogen (secondary N) is 1. The SMILES string of the molecule is CCCCCCc1cccc(OC(=O)Nc2cc(Cl)c(C)c(Cl)c2O)c1. The molecule has 0 atom stereocenters. The summed E-state index contributed by atoms with van der Waals surface area (Å²) >= 11 is 12.0. The molecule has 2 aromatic carbocycles. The van der Waals surface area contributed by atoms with Gasteiger partial charge in [0.05, 0.1) is 10.7 Å².